The Labute approximate surface area is 79.9 Å². The van der Waals surface area contributed by atoms with Gasteiger partial charge in [0, 0.05) is 0 Å². The maximum atomic E-state index is 3.70. The van der Waals surface area contributed by atoms with Crippen LogP contribution in [-0.4, -0.2) is 0 Å². The van der Waals surface area contributed by atoms with Crippen LogP contribution in [-0.2, 0) is 0 Å². The Balaban J connectivity index is 3.03. The fourth-order valence-corrected chi connectivity index (χ4v) is 1.19. The second-order valence-corrected chi connectivity index (χ2v) is 2.72. The molecule has 0 heteroatoms. The monoisotopic (exact) mass is 170 g/mol. The highest BCUT2D eigenvalue weighted by Gasteiger charge is 1.93. The first-order chi connectivity index (χ1) is 6.38. The first kappa shape index (κ1) is 9.53. The molecule has 0 heterocycles. The van der Waals surface area contributed by atoms with E-state index in [0.717, 1.165) is 0 Å². The first-order valence-corrected chi connectivity index (χ1v) is 4.39. The largest absolute Gasteiger partial charge is 0.0990 e. The molecule has 0 aliphatic heterocycles. The highest BCUT2D eigenvalue weighted by Crippen LogP contribution is 2.15. The van der Waals surface area contributed by atoms with E-state index in [-0.39, 0.29) is 0 Å². The van der Waals surface area contributed by atoms with Gasteiger partial charge in [-0.3, -0.25) is 0 Å². The van der Waals surface area contributed by atoms with Gasteiger partial charge in [0.15, 0.2) is 0 Å². The van der Waals surface area contributed by atoms with E-state index < -0.39 is 0 Å². The normalized spacial score (nSPS) is 11.9. The maximum absolute atomic E-state index is 3.70. The average molecular weight is 170 g/mol. The van der Waals surface area contributed by atoms with Gasteiger partial charge >= 0.3 is 0 Å². The number of rotatable bonds is 3. The molecule has 0 unspecified atom stereocenters. The summed E-state index contributed by atoms with van der Waals surface area (Å²) >= 11 is 0. The molecule has 13 heavy (non-hydrogen) atoms. The van der Waals surface area contributed by atoms with Crippen molar-refractivity contribution >= 4 is 5.57 Å². The SMILES string of the molecule is C=C/C=C(\C=C/C)c1ccccc1. The van der Waals surface area contributed by atoms with E-state index >= 15 is 0 Å². The summed E-state index contributed by atoms with van der Waals surface area (Å²) in [6.07, 6.45) is 7.93. The van der Waals surface area contributed by atoms with Crippen molar-refractivity contribution in [3.63, 3.8) is 0 Å². The van der Waals surface area contributed by atoms with Crippen molar-refractivity contribution in [2.75, 3.05) is 0 Å². The lowest BCUT2D eigenvalue weighted by Crippen LogP contribution is -1.78. The summed E-state index contributed by atoms with van der Waals surface area (Å²) in [5, 5.41) is 0. The van der Waals surface area contributed by atoms with Gasteiger partial charge in [0.25, 0.3) is 0 Å². The fourth-order valence-electron chi connectivity index (χ4n) is 1.19. The zero-order chi connectivity index (χ0) is 9.52. The average Bonchev–Trinajstić information content (AvgIpc) is 2.19. The zero-order valence-corrected chi connectivity index (χ0v) is 7.90. The summed E-state index contributed by atoms with van der Waals surface area (Å²) in [5.41, 5.74) is 2.42. The summed E-state index contributed by atoms with van der Waals surface area (Å²) in [6.45, 7) is 5.71. The lowest BCUT2D eigenvalue weighted by atomic mass is 10.1. The molecule has 0 fully saturated rings. The Kier molecular flexibility index (Phi) is 3.77. The molecule has 0 saturated carbocycles. The molecule has 0 amide bonds. The van der Waals surface area contributed by atoms with Crippen LogP contribution >= 0.6 is 0 Å². The van der Waals surface area contributed by atoms with Crippen LogP contribution < -0.4 is 0 Å². The van der Waals surface area contributed by atoms with Gasteiger partial charge < -0.3 is 0 Å². The Hall–Kier alpha value is -1.56. The van der Waals surface area contributed by atoms with Gasteiger partial charge in [0.2, 0.25) is 0 Å². The van der Waals surface area contributed by atoms with Gasteiger partial charge in [-0.25, -0.2) is 0 Å². The molecular weight excluding hydrogens is 156 g/mol. The van der Waals surface area contributed by atoms with Crippen molar-refractivity contribution in [2.24, 2.45) is 0 Å². The third kappa shape index (κ3) is 2.75. The topological polar surface area (TPSA) is 0 Å². The third-order valence-corrected chi connectivity index (χ3v) is 1.75. The minimum absolute atomic E-state index is 1.19. The molecule has 0 nitrogen and oxygen atoms in total. The van der Waals surface area contributed by atoms with Crippen molar-refractivity contribution in [3.05, 3.63) is 66.8 Å². The quantitative estimate of drug-likeness (QED) is 0.605. The van der Waals surface area contributed by atoms with Gasteiger partial charge in [-0.1, -0.05) is 61.2 Å². The predicted molar refractivity (Wildman–Crippen MR) is 59.4 cm³/mol. The summed E-state index contributed by atoms with van der Waals surface area (Å²) in [4.78, 5) is 0. The number of hydrogen-bond acceptors (Lipinski definition) is 0. The molecular formula is C13H14. The van der Waals surface area contributed by atoms with Crippen LogP contribution in [0.3, 0.4) is 0 Å². The summed E-state index contributed by atoms with van der Waals surface area (Å²) < 4.78 is 0. The van der Waals surface area contributed by atoms with Gasteiger partial charge in [-0.05, 0) is 18.1 Å². The molecule has 0 N–H and O–H groups in total. The second kappa shape index (κ2) is 5.15. The smallest absolute Gasteiger partial charge is 0.0184 e. The van der Waals surface area contributed by atoms with Crippen LogP contribution in [0.15, 0.2) is 61.2 Å². The second-order valence-electron chi connectivity index (χ2n) is 2.72. The van der Waals surface area contributed by atoms with Crippen molar-refractivity contribution in [3.8, 4) is 0 Å². The van der Waals surface area contributed by atoms with Gasteiger partial charge in [-0.15, -0.1) is 0 Å². The Morgan fingerprint density at radius 1 is 1.23 bits per heavy atom. The van der Waals surface area contributed by atoms with Crippen LogP contribution in [0.2, 0.25) is 0 Å². The summed E-state index contributed by atoms with van der Waals surface area (Å²) in [5.74, 6) is 0. The standard InChI is InChI=1S/C13H14/c1-3-8-12(9-4-2)13-10-6-5-7-11-13/h3-11H,1H2,2H3/b9-4-,12-8+. The molecule has 0 aromatic heterocycles. The summed E-state index contributed by atoms with van der Waals surface area (Å²) in [7, 11) is 0. The molecule has 1 aromatic rings. The van der Waals surface area contributed by atoms with Crippen molar-refractivity contribution in [1.29, 1.82) is 0 Å². The minimum Gasteiger partial charge on any atom is -0.0990 e. The van der Waals surface area contributed by atoms with E-state index in [9.17, 15) is 0 Å². The highest BCUT2D eigenvalue weighted by atomic mass is 14.0. The predicted octanol–water partition coefficient (Wildman–Crippen LogP) is 3.83. The van der Waals surface area contributed by atoms with Gasteiger partial charge in [-0.2, -0.15) is 0 Å². The van der Waals surface area contributed by atoms with E-state index in [0.29, 0.717) is 0 Å². The minimum atomic E-state index is 1.19. The third-order valence-electron chi connectivity index (χ3n) is 1.75. The molecule has 0 aliphatic carbocycles. The van der Waals surface area contributed by atoms with Gasteiger partial charge in [0.05, 0.1) is 0 Å². The number of benzene rings is 1. The number of hydrogen-bond donors (Lipinski definition) is 0. The van der Waals surface area contributed by atoms with E-state index in [2.05, 4.69) is 24.8 Å². The molecule has 0 atom stereocenters. The molecule has 1 aromatic carbocycles. The lowest BCUT2D eigenvalue weighted by Gasteiger charge is -1.99. The first-order valence-electron chi connectivity index (χ1n) is 4.39. The lowest BCUT2D eigenvalue weighted by molar-refractivity contribution is 1.61. The Morgan fingerprint density at radius 3 is 2.46 bits per heavy atom. The van der Waals surface area contributed by atoms with Crippen LogP contribution in [0.5, 0.6) is 0 Å². The molecule has 0 saturated heterocycles. The van der Waals surface area contributed by atoms with E-state index in [1.807, 2.05) is 43.4 Å². The molecule has 0 spiro atoms. The van der Waals surface area contributed by atoms with Gasteiger partial charge in [0.1, 0.15) is 0 Å². The van der Waals surface area contributed by atoms with Crippen molar-refractivity contribution in [2.45, 2.75) is 6.92 Å². The van der Waals surface area contributed by atoms with Crippen molar-refractivity contribution in [1.82, 2.24) is 0 Å². The Bertz CT molecular complexity index is 315. The summed E-state index contributed by atoms with van der Waals surface area (Å²) in [6, 6.07) is 10.3. The van der Waals surface area contributed by atoms with E-state index in [1.165, 1.54) is 11.1 Å². The van der Waals surface area contributed by atoms with Crippen LogP contribution in [0, 0.1) is 0 Å². The van der Waals surface area contributed by atoms with E-state index in [1.54, 1.807) is 0 Å². The van der Waals surface area contributed by atoms with Crippen LogP contribution in [0.25, 0.3) is 5.57 Å². The molecule has 0 radical (unpaired) electrons. The molecule has 1 rings (SSSR count). The van der Waals surface area contributed by atoms with Crippen molar-refractivity contribution < 1.29 is 0 Å². The number of allylic oxidation sites excluding steroid dienone is 5. The van der Waals surface area contributed by atoms with Crippen LogP contribution in [0.4, 0.5) is 0 Å². The Morgan fingerprint density at radius 2 is 1.92 bits per heavy atom. The molecule has 0 bridgehead atoms. The van der Waals surface area contributed by atoms with Crippen LogP contribution in [0.1, 0.15) is 12.5 Å². The zero-order valence-electron chi connectivity index (χ0n) is 7.90. The maximum Gasteiger partial charge on any atom is -0.0184 e. The molecule has 0 aliphatic rings. The molecule has 66 valence electrons. The van der Waals surface area contributed by atoms with E-state index in [4.69, 9.17) is 0 Å². The fraction of sp³-hybridized carbons (Fsp3) is 0.0769. The highest BCUT2D eigenvalue weighted by molar-refractivity contribution is 5.74.